The summed E-state index contributed by atoms with van der Waals surface area (Å²) >= 11 is 6.07. The highest BCUT2D eigenvalue weighted by Crippen LogP contribution is 2.25. The predicted octanol–water partition coefficient (Wildman–Crippen LogP) is 2.31. The van der Waals surface area contributed by atoms with Gasteiger partial charge in [-0.3, -0.25) is 9.88 Å². The maximum absolute atomic E-state index is 13.1. The maximum Gasteiger partial charge on any atom is 0.324 e. The first-order valence-corrected chi connectivity index (χ1v) is 11.0. The zero-order chi connectivity index (χ0) is 20.9. The number of nitrogens with zero attached hydrogens (tertiary/aromatic N) is 4. The molecule has 2 aromatic rings. The SMILES string of the molecule is COCCN(C(=O)N1CCN(S(=O)(=O)c2ccccc2Cl)CC1)c1ccncc1. The highest BCUT2D eigenvalue weighted by molar-refractivity contribution is 7.89. The van der Waals surface area contributed by atoms with Crippen LogP contribution < -0.4 is 4.90 Å². The first kappa shape index (κ1) is 21.5. The van der Waals surface area contributed by atoms with Gasteiger partial charge in [-0.1, -0.05) is 23.7 Å². The first-order chi connectivity index (χ1) is 13.9. The molecule has 2 amide bonds. The number of rotatable bonds is 6. The average Bonchev–Trinajstić information content (AvgIpc) is 2.75. The van der Waals surface area contributed by atoms with Crippen LogP contribution in [0.3, 0.4) is 0 Å². The smallest absolute Gasteiger partial charge is 0.324 e. The summed E-state index contributed by atoms with van der Waals surface area (Å²) < 4.78 is 32.3. The van der Waals surface area contributed by atoms with Gasteiger partial charge in [-0.2, -0.15) is 4.31 Å². The summed E-state index contributed by atoms with van der Waals surface area (Å²) in [6, 6.07) is 9.69. The normalized spacial score (nSPS) is 15.3. The third-order valence-corrected chi connectivity index (χ3v) is 7.09. The molecular formula is C19H23ClN4O4S. The standard InChI is InChI=1S/C19H23ClN4O4S/c1-28-15-14-24(16-6-8-21-9-7-16)19(25)22-10-12-23(13-11-22)29(26,27)18-5-3-2-4-17(18)20/h2-9H,10-15H2,1H3. The molecule has 2 heterocycles. The zero-order valence-electron chi connectivity index (χ0n) is 16.1. The van der Waals surface area contributed by atoms with Gasteiger partial charge in [-0.15, -0.1) is 0 Å². The lowest BCUT2D eigenvalue weighted by Crippen LogP contribution is -2.54. The van der Waals surface area contributed by atoms with Gasteiger partial charge in [-0.05, 0) is 24.3 Å². The Kier molecular flexibility index (Phi) is 7.07. The van der Waals surface area contributed by atoms with Gasteiger partial charge in [0.1, 0.15) is 4.90 Å². The molecule has 1 aromatic heterocycles. The molecule has 0 saturated carbocycles. The van der Waals surface area contributed by atoms with Gasteiger partial charge in [-0.25, -0.2) is 13.2 Å². The Bertz CT molecular complexity index is 934. The minimum absolute atomic E-state index is 0.0833. The van der Waals surface area contributed by atoms with Crippen LogP contribution in [0.4, 0.5) is 10.5 Å². The van der Waals surface area contributed by atoms with Crippen LogP contribution in [0.25, 0.3) is 0 Å². The molecule has 0 spiro atoms. The summed E-state index contributed by atoms with van der Waals surface area (Å²) in [5, 5.41) is 0.189. The topological polar surface area (TPSA) is 83.0 Å². The van der Waals surface area contributed by atoms with Crippen molar-refractivity contribution < 1.29 is 17.9 Å². The third kappa shape index (κ3) is 4.87. The number of pyridine rings is 1. The lowest BCUT2D eigenvalue weighted by atomic mass is 10.3. The molecule has 1 aliphatic rings. The number of carbonyl (C=O) groups is 1. The second-order valence-corrected chi connectivity index (χ2v) is 8.77. The molecule has 0 aliphatic carbocycles. The quantitative estimate of drug-likeness (QED) is 0.691. The number of hydrogen-bond acceptors (Lipinski definition) is 5. The lowest BCUT2D eigenvalue weighted by molar-refractivity contribution is 0.171. The van der Waals surface area contributed by atoms with Gasteiger partial charge in [0, 0.05) is 51.4 Å². The van der Waals surface area contributed by atoms with Crippen LogP contribution in [0.1, 0.15) is 0 Å². The zero-order valence-corrected chi connectivity index (χ0v) is 17.6. The van der Waals surface area contributed by atoms with Gasteiger partial charge >= 0.3 is 6.03 Å². The summed E-state index contributed by atoms with van der Waals surface area (Å²) in [5.74, 6) is 0. The molecule has 1 aliphatic heterocycles. The number of hydrogen-bond donors (Lipinski definition) is 0. The number of halogens is 1. The van der Waals surface area contributed by atoms with E-state index in [1.807, 2.05) is 0 Å². The van der Waals surface area contributed by atoms with Crippen molar-refractivity contribution in [1.82, 2.24) is 14.2 Å². The van der Waals surface area contributed by atoms with Crippen LogP contribution in [0.2, 0.25) is 5.02 Å². The molecule has 10 heteroatoms. The Morgan fingerprint density at radius 1 is 1.14 bits per heavy atom. The van der Waals surface area contributed by atoms with E-state index in [0.29, 0.717) is 18.8 Å². The van der Waals surface area contributed by atoms with Crippen LogP contribution in [0.15, 0.2) is 53.7 Å². The predicted molar refractivity (Wildman–Crippen MR) is 111 cm³/mol. The molecule has 8 nitrogen and oxygen atoms in total. The van der Waals surface area contributed by atoms with Crippen LogP contribution >= 0.6 is 11.6 Å². The van der Waals surface area contributed by atoms with E-state index in [0.717, 1.165) is 0 Å². The molecular weight excluding hydrogens is 416 g/mol. The van der Waals surface area contributed by atoms with E-state index in [-0.39, 0.29) is 42.1 Å². The van der Waals surface area contributed by atoms with E-state index in [4.69, 9.17) is 16.3 Å². The average molecular weight is 439 g/mol. The lowest BCUT2D eigenvalue weighted by Gasteiger charge is -2.37. The van der Waals surface area contributed by atoms with Gasteiger partial charge in [0.25, 0.3) is 0 Å². The monoisotopic (exact) mass is 438 g/mol. The van der Waals surface area contributed by atoms with Crippen molar-refractivity contribution in [3.8, 4) is 0 Å². The Morgan fingerprint density at radius 3 is 2.41 bits per heavy atom. The largest absolute Gasteiger partial charge is 0.383 e. The van der Waals surface area contributed by atoms with Crippen molar-refractivity contribution in [3.05, 3.63) is 53.8 Å². The van der Waals surface area contributed by atoms with E-state index in [9.17, 15) is 13.2 Å². The van der Waals surface area contributed by atoms with Crippen LogP contribution in [-0.2, 0) is 14.8 Å². The number of ether oxygens (including phenoxy) is 1. The summed E-state index contributed by atoms with van der Waals surface area (Å²) in [6.07, 6.45) is 3.24. The molecule has 1 aromatic carbocycles. The molecule has 1 saturated heterocycles. The number of aromatic nitrogens is 1. The van der Waals surface area contributed by atoms with E-state index in [2.05, 4.69) is 4.98 Å². The first-order valence-electron chi connectivity index (χ1n) is 9.15. The Balaban J connectivity index is 1.70. The second kappa shape index (κ2) is 9.53. The molecule has 1 fully saturated rings. The van der Waals surface area contributed by atoms with E-state index in [1.54, 1.807) is 59.6 Å². The summed E-state index contributed by atoms with van der Waals surface area (Å²) in [4.78, 5) is 20.4. The van der Waals surface area contributed by atoms with Crippen molar-refractivity contribution in [2.75, 3.05) is 51.3 Å². The molecule has 156 valence electrons. The van der Waals surface area contributed by atoms with Crippen LogP contribution in [0, 0.1) is 0 Å². The summed E-state index contributed by atoms with van der Waals surface area (Å²) in [5.41, 5.74) is 0.716. The minimum Gasteiger partial charge on any atom is -0.383 e. The van der Waals surface area contributed by atoms with Gasteiger partial charge < -0.3 is 9.64 Å². The van der Waals surface area contributed by atoms with E-state index >= 15 is 0 Å². The van der Waals surface area contributed by atoms with Crippen molar-refractivity contribution >= 4 is 33.3 Å². The Hall–Kier alpha value is -2.20. The number of piperazine rings is 1. The number of anilines is 1. The fraction of sp³-hybridized carbons (Fsp3) is 0.368. The van der Waals surface area contributed by atoms with Crippen LogP contribution in [0.5, 0.6) is 0 Å². The maximum atomic E-state index is 13.1. The number of methoxy groups -OCH3 is 1. The fourth-order valence-electron chi connectivity index (χ4n) is 3.13. The summed E-state index contributed by atoms with van der Waals surface area (Å²) in [7, 11) is -2.13. The highest BCUT2D eigenvalue weighted by Gasteiger charge is 2.33. The Morgan fingerprint density at radius 2 is 1.79 bits per heavy atom. The molecule has 3 rings (SSSR count). The van der Waals surface area contributed by atoms with Crippen molar-refractivity contribution in [2.45, 2.75) is 4.90 Å². The number of carbonyl (C=O) groups excluding carboxylic acids is 1. The molecule has 29 heavy (non-hydrogen) atoms. The van der Waals surface area contributed by atoms with Crippen molar-refractivity contribution in [1.29, 1.82) is 0 Å². The number of sulfonamides is 1. The Labute approximate surface area is 175 Å². The highest BCUT2D eigenvalue weighted by atomic mass is 35.5. The number of urea groups is 1. The molecule has 0 unspecified atom stereocenters. The molecule has 0 N–H and O–H groups in total. The molecule has 0 bridgehead atoms. The van der Waals surface area contributed by atoms with E-state index in [1.165, 1.54) is 10.4 Å². The summed E-state index contributed by atoms with van der Waals surface area (Å²) in [6.45, 7) is 1.75. The second-order valence-electron chi connectivity index (χ2n) is 6.45. The third-order valence-electron chi connectivity index (χ3n) is 4.69. The number of benzene rings is 1. The van der Waals surface area contributed by atoms with Gasteiger partial charge in [0.15, 0.2) is 0 Å². The van der Waals surface area contributed by atoms with Gasteiger partial charge in [0.05, 0.1) is 18.2 Å². The van der Waals surface area contributed by atoms with E-state index < -0.39 is 10.0 Å². The minimum atomic E-state index is -3.71. The number of amides is 2. The van der Waals surface area contributed by atoms with Crippen LogP contribution in [-0.4, -0.2) is 75.1 Å². The van der Waals surface area contributed by atoms with Crippen molar-refractivity contribution in [2.24, 2.45) is 0 Å². The van der Waals surface area contributed by atoms with Crippen molar-refractivity contribution in [3.63, 3.8) is 0 Å². The molecule has 0 radical (unpaired) electrons. The fourth-order valence-corrected chi connectivity index (χ4v) is 5.04. The molecule has 0 atom stereocenters. The van der Waals surface area contributed by atoms with Gasteiger partial charge in [0.2, 0.25) is 10.0 Å².